The average Bonchev–Trinajstić information content (AvgIpc) is 2.93. The van der Waals surface area contributed by atoms with Crippen molar-refractivity contribution in [2.24, 2.45) is 0 Å². The highest BCUT2D eigenvalue weighted by atomic mass is 35.5. The van der Waals surface area contributed by atoms with Crippen LogP contribution in [0.1, 0.15) is 32.9 Å². The number of aromatic nitrogens is 2. The number of nitrogens with zero attached hydrogens (tertiary/aromatic N) is 1. The summed E-state index contributed by atoms with van der Waals surface area (Å²) in [5.74, 6) is -0.0942. The second kappa shape index (κ2) is 7.42. The van der Waals surface area contributed by atoms with E-state index >= 15 is 0 Å². The van der Waals surface area contributed by atoms with Crippen LogP contribution in [0.5, 0.6) is 0 Å². The van der Waals surface area contributed by atoms with E-state index in [0.717, 1.165) is 30.6 Å². The zero-order valence-corrected chi connectivity index (χ0v) is 13.4. The summed E-state index contributed by atoms with van der Waals surface area (Å²) < 4.78 is 0. The van der Waals surface area contributed by atoms with Crippen LogP contribution in [-0.2, 0) is 19.4 Å². The maximum absolute atomic E-state index is 12.2. The highest BCUT2D eigenvalue weighted by Gasteiger charge is 2.20. The molecule has 0 aliphatic carbocycles. The number of amides is 1. The number of carbonyl (C=O) groups is 1. The van der Waals surface area contributed by atoms with Gasteiger partial charge in [-0.3, -0.25) is 9.89 Å². The first-order valence-electron chi connectivity index (χ1n) is 7.34. The first kappa shape index (κ1) is 16.5. The summed E-state index contributed by atoms with van der Waals surface area (Å²) in [7, 11) is 0. The number of rotatable bonds is 4. The first-order chi connectivity index (χ1) is 10.2. The van der Waals surface area contributed by atoms with Crippen LogP contribution in [0.3, 0.4) is 0 Å². The molecule has 0 radical (unpaired) electrons. The van der Waals surface area contributed by atoms with E-state index in [1.807, 2.05) is 0 Å². The second-order valence-electron chi connectivity index (χ2n) is 5.45. The molecule has 6 heteroatoms. The van der Waals surface area contributed by atoms with Crippen molar-refractivity contribution in [2.75, 3.05) is 13.1 Å². The number of fused-ring (bicyclic) bond motifs is 1. The van der Waals surface area contributed by atoms with E-state index in [2.05, 4.69) is 52.0 Å². The zero-order valence-electron chi connectivity index (χ0n) is 12.6. The van der Waals surface area contributed by atoms with Crippen LogP contribution < -0.4 is 10.6 Å². The summed E-state index contributed by atoms with van der Waals surface area (Å²) in [6.07, 6.45) is 1.73. The van der Waals surface area contributed by atoms with Gasteiger partial charge in [0.05, 0.1) is 0 Å². The fourth-order valence-electron chi connectivity index (χ4n) is 2.57. The third-order valence-corrected chi connectivity index (χ3v) is 3.84. The summed E-state index contributed by atoms with van der Waals surface area (Å²) in [5.41, 5.74) is 5.10. The lowest BCUT2D eigenvalue weighted by molar-refractivity contribution is 0.0948. The minimum Gasteiger partial charge on any atom is -0.350 e. The highest BCUT2D eigenvalue weighted by Crippen LogP contribution is 2.15. The fraction of sp³-hybridized carbons (Fsp3) is 0.375. The maximum Gasteiger partial charge on any atom is 0.272 e. The molecule has 1 aliphatic rings. The molecule has 1 amide bonds. The molecule has 5 nitrogen and oxygen atoms in total. The average molecular weight is 321 g/mol. The summed E-state index contributed by atoms with van der Waals surface area (Å²) in [6.45, 7) is 4.34. The zero-order chi connectivity index (χ0) is 14.7. The monoisotopic (exact) mass is 320 g/mol. The minimum atomic E-state index is -0.0942. The van der Waals surface area contributed by atoms with Gasteiger partial charge < -0.3 is 10.6 Å². The molecule has 22 heavy (non-hydrogen) atoms. The molecule has 0 spiro atoms. The Morgan fingerprint density at radius 3 is 2.86 bits per heavy atom. The molecule has 3 rings (SSSR count). The largest absolute Gasteiger partial charge is 0.350 e. The van der Waals surface area contributed by atoms with Crippen molar-refractivity contribution in [3.05, 3.63) is 52.3 Å². The Morgan fingerprint density at radius 2 is 2.09 bits per heavy atom. The third kappa shape index (κ3) is 3.67. The van der Waals surface area contributed by atoms with Crippen LogP contribution in [0.25, 0.3) is 0 Å². The van der Waals surface area contributed by atoms with Gasteiger partial charge in [-0.1, -0.05) is 29.8 Å². The van der Waals surface area contributed by atoms with E-state index in [-0.39, 0.29) is 18.3 Å². The Labute approximate surface area is 136 Å². The molecule has 1 aromatic carbocycles. The smallest absolute Gasteiger partial charge is 0.272 e. The quantitative estimate of drug-likeness (QED) is 0.804. The van der Waals surface area contributed by atoms with E-state index in [0.29, 0.717) is 18.8 Å². The summed E-state index contributed by atoms with van der Waals surface area (Å²) in [5, 5.41) is 13.3. The number of H-pyrrole nitrogens is 1. The van der Waals surface area contributed by atoms with Crippen LogP contribution in [0.2, 0.25) is 0 Å². The molecule has 0 bridgehead atoms. The molecule has 1 aromatic heterocycles. The molecule has 1 aliphatic heterocycles. The lowest BCUT2D eigenvalue weighted by Crippen LogP contribution is -2.29. The summed E-state index contributed by atoms with van der Waals surface area (Å²) in [4.78, 5) is 12.2. The predicted octanol–water partition coefficient (Wildman–Crippen LogP) is 1.76. The van der Waals surface area contributed by atoms with Crippen molar-refractivity contribution >= 4 is 18.3 Å². The van der Waals surface area contributed by atoms with Gasteiger partial charge in [0.1, 0.15) is 0 Å². The summed E-state index contributed by atoms with van der Waals surface area (Å²) in [6, 6.07) is 8.38. The second-order valence-corrected chi connectivity index (χ2v) is 5.45. The van der Waals surface area contributed by atoms with Crippen LogP contribution in [0.15, 0.2) is 24.3 Å². The number of hydrogen-bond donors (Lipinski definition) is 3. The molecule has 2 aromatic rings. The van der Waals surface area contributed by atoms with Gasteiger partial charge >= 0.3 is 0 Å². The maximum atomic E-state index is 12.2. The molecule has 3 N–H and O–H groups in total. The van der Waals surface area contributed by atoms with E-state index < -0.39 is 0 Å². The molecule has 2 heterocycles. The summed E-state index contributed by atoms with van der Waals surface area (Å²) >= 11 is 0. The number of carbonyl (C=O) groups excluding carboxylic acids is 1. The molecule has 0 saturated heterocycles. The van der Waals surface area contributed by atoms with Crippen molar-refractivity contribution in [3.8, 4) is 0 Å². The van der Waals surface area contributed by atoms with Crippen molar-refractivity contribution in [3.63, 3.8) is 0 Å². The first-order valence-corrected chi connectivity index (χ1v) is 7.34. The van der Waals surface area contributed by atoms with Crippen molar-refractivity contribution in [2.45, 2.75) is 26.3 Å². The van der Waals surface area contributed by atoms with Gasteiger partial charge in [0, 0.05) is 37.3 Å². The van der Waals surface area contributed by atoms with Crippen molar-refractivity contribution in [1.29, 1.82) is 0 Å². The van der Waals surface area contributed by atoms with E-state index in [1.54, 1.807) is 0 Å². The van der Waals surface area contributed by atoms with Gasteiger partial charge in [0.2, 0.25) is 0 Å². The SMILES string of the molecule is Cc1ccc(CCNC(=O)c2n[nH]c3c2CNCC3)cc1.Cl. The molecule has 0 unspecified atom stereocenters. The van der Waals surface area contributed by atoms with E-state index in [4.69, 9.17) is 0 Å². The topological polar surface area (TPSA) is 69.8 Å². The Kier molecular flexibility index (Phi) is 5.57. The van der Waals surface area contributed by atoms with Gasteiger partial charge in [-0.15, -0.1) is 12.4 Å². The lowest BCUT2D eigenvalue weighted by atomic mass is 10.1. The number of hydrogen-bond acceptors (Lipinski definition) is 3. The van der Waals surface area contributed by atoms with Crippen LogP contribution >= 0.6 is 12.4 Å². The van der Waals surface area contributed by atoms with Gasteiger partial charge in [-0.2, -0.15) is 5.10 Å². The number of benzene rings is 1. The predicted molar refractivity (Wildman–Crippen MR) is 88.5 cm³/mol. The van der Waals surface area contributed by atoms with Crippen LogP contribution in [0, 0.1) is 6.92 Å². The number of nitrogens with one attached hydrogen (secondary N) is 3. The molecular formula is C16H21ClN4O. The number of halogens is 1. The van der Waals surface area contributed by atoms with Gasteiger partial charge in [-0.05, 0) is 18.9 Å². The number of aryl methyl sites for hydroxylation is 1. The standard InChI is InChI=1S/C16H20N4O.ClH/c1-11-2-4-12(5-3-11)6-9-18-16(21)15-13-10-17-8-7-14(13)19-20-15;/h2-5,17H,6-10H2,1H3,(H,18,21)(H,19,20);1H. The Hall–Kier alpha value is -1.85. The fourth-order valence-corrected chi connectivity index (χ4v) is 2.57. The van der Waals surface area contributed by atoms with Crippen LogP contribution in [0.4, 0.5) is 0 Å². The minimum absolute atomic E-state index is 0. The molecule has 0 atom stereocenters. The van der Waals surface area contributed by atoms with Gasteiger partial charge in [0.25, 0.3) is 5.91 Å². The Balaban J connectivity index is 0.00000176. The van der Waals surface area contributed by atoms with Crippen molar-refractivity contribution in [1.82, 2.24) is 20.8 Å². The normalized spacial score (nSPS) is 13.1. The van der Waals surface area contributed by atoms with Gasteiger partial charge in [-0.25, -0.2) is 0 Å². The molecule has 0 saturated carbocycles. The van der Waals surface area contributed by atoms with E-state index in [9.17, 15) is 4.79 Å². The Bertz CT molecular complexity index is 636. The highest BCUT2D eigenvalue weighted by molar-refractivity contribution is 5.94. The van der Waals surface area contributed by atoms with Gasteiger partial charge in [0.15, 0.2) is 5.69 Å². The molecular weight excluding hydrogens is 300 g/mol. The van der Waals surface area contributed by atoms with E-state index in [1.165, 1.54) is 11.1 Å². The third-order valence-electron chi connectivity index (χ3n) is 3.84. The Morgan fingerprint density at radius 1 is 1.32 bits per heavy atom. The molecule has 0 fully saturated rings. The molecule has 118 valence electrons. The number of aromatic amines is 1. The van der Waals surface area contributed by atoms with Crippen molar-refractivity contribution < 1.29 is 4.79 Å². The van der Waals surface area contributed by atoms with Crippen LogP contribution in [-0.4, -0.2) is 29.2 Å². The lowest BCUT2D eigenvalue weighted by Gasteiger charge is -2.12.